The Morgan fingerprint density at radius 3 is 3.14 bits per heavy atom. The quantitative estimate of drug-likeness (QED) is 0.831. The fourth-order valence-electron chi connectivity index (χ4n) is 0.802. The third-order valence-corrected chi connectivity index (χ3v) is 1.50. The summed E-state index contributed by atoms with van der Waals surface area (Å²) in [5.41, 5.74) is 0.172. The standard InChI is InChI=1S/C10H12ClNO2/c1-7(2)14-10(13)12-9-5-3-4-8(11)6-9/h3-7H,1-2H3,(H,12,13)/i1D3,2D3,7D. The van der Waals surface area contributed by atoms with Gasteiger partial charge in [-0.1, -0.05) is 17.7 Å². The summed E-state index contributed by atoms with van der Waals surface area (Å²) in [7, 11) is 0. The number of anilines is 1. The van der Waals surface area contributed by atoms with Gasteiger partial charge in [0.2, 0.25) is 0 Å². The number of nitrogens with one attached hydrogen (secondary N) is 1. The van der Waals surface area contributed by atoms with Crippen molar-refractivity contribution in [2.45, 2.75) is 19.8 Å². The number of hydrogen-bond donors (Lipinski definition) is 1. The van der Waals surface area contributed by atoms with E-state index in [-0.39, 0.29) is 5.69 Å². The monoisotopic (exact) mass is 220 g/mol. The summed E-state index contributed by atoms with van der Waals surface area (Å²) in [6, 6.07) is 5.83. The Bertz CT molecular complexity index is 515. The van der Waals surface area contributed by atoms with E-state index < -0.39 is 25.9 Å². The fraction of sp³-hybridized carbons (Fsp3) is 0.300. The van der Waals surface area contributed by atoms with E-state index in [9.17, 15) is 4.79 Å². The molecule has 1 aromatic rings. The predicted octanol–water partition coefficient (Wildman–Crippen LogP) is 3.30. The van der Waals surface area contributed by atoms with Crippen LogP contribution in [0.2, 0.25) is 5.02 Å². The van der Waals surface area contributed by atoms with Gasteiger partial charge in [-0.25, -0.2) is 4.79 Å². The van der Waals surface area contributed by atoms with Crippen LogP contribution in [0.4, 0.5) is 10.5 Å². The van der Waals surface area contributed by atoms with Crippen molar-refractivity contribution in [3.05, 3.63) is 29.3 Å². The van der Waals surface area contributed by atoms with Crippen LogP contribution in [0.25, 0.3) is 0 Å². The lowest BCUT2D eigenvalue weighted by atomic mass is 10.3. The first-order valence-electron chi connectivity index (χ1n) is 7.12. The second kappa shape index (κ2) is 4.86. The number of hydrogen-bond acceptors (Lipinski definition) is 2. The maximum absolute atomic E-state index is 11.6. The van der Waals surface area contributed by atoms with Crippen molar-refractivity contribution in [2.24, 2.45) is 0 Å². The molecule has 1 N–H and O–H groups in total. The summed E-state index contributed by atoms with van der Waals surface area (Å²) in [6.07, 6.45) is -4.75. The van der Waals surface area contributed by atoms with Crippen molar-refractivity contribution >= 4 is 23.4 Å². The molecule has 76 valence electrons. The smallest absolute Gasteiger partial charge is 0.411 e. The van der Waals surface area contributed by atoms with Gasteiger partial charge in [-0.15, -0.1) is 0 Å². The second-order valence-electron chi connectivity index (χ2n) is 2.35. The summed E-state index contributed by atoms with van der Waals surface area (Å²) >= 11 is 5.70. The number of benzene rings is 1. The van der Waals surface area contributed by atoms with Gasteiger partial charge in [0.15, 0.2) is 0 Å². The summed E-state index contributed by atoms with van der Waals surface area (Å²) in [6.45, 7) is -6.69. The Kier molecular flexibility index (Phi) is 1.57. The van der Waals surface area contributed by atoms with Crippen molar-refractivity contribution in [1.29, 1.82) is 0 Å². The Hall–Kier alpha value is -1.22. The van der Waals surface area contributed by atoms with Crippen LogP contribution in [0.3, 0.4) is 0 Å². The van der Waals surface area contributed by atoms with E-state index >= 15 is 0 Å². The van der Waals surface area contributed by atoms with Crippen molar-refractivity contribution < 1.29 is 19.1 Å². The van der Waals surface area contributed by atoms with Crippen LogP contribution >= 0.6 is 11.6 Å². The van der Waals surface area contributed by atoms with E-state index in [1.807, 2.05) is 0 Å². The van der Waals surface area contributed by atoms with Crippen LogP contribution in [-0.4, -0.2) is 12.2 Å². The first-order valence-corrected chi connectivity index (χ1v) is 4.00. The fourth-order valence-corrected chi connectivity index (χ4v) is 0.993. The largest absolute Gasteiger partial charge is 0.447 e. The molecule has 3 nitrogen and oxygen atoms in total. The molecule has 0 atom stereocenters. The van der Waals surface area contributed by atoms with Crippen molar-refractivity contribution in [3.8, 4) is 0 Å². The Morgan fingerprint density at radius 2 is 2.50 bits per heavy atom. The van der Waals surface area contributed by atoms with Gasteiger partial charge in [0.1, 0.15) is 0 Å². The first kappa shape index (κ1) is 4.53. The molecule has 1 amide bonds. The molecule has 0 bridgehead atoms. The molecule has 0 saturated heterocycles. The summed E-state index contributed by atoms with van der Waals surface area (Å²) < 4.78 is 54.5. The Labute approximate surface area is 97.9 Å². The second-order valence-corrected chi connectivity index (χ2v) is 2.79. The molecule has 1 aromatic carbocycles. The third-order valence-electron chi connectivity index (χ3n) is 1.27. The minimum absolute atomic E-state index is 0.172. The highest BCUT2D eigenvalue weighted by molar-refractivity contribution is 6.30. The number of ether oxygens (including phenoxy) is 1. The zero-order valence-electron chi connectivity index (χ0n) is 14.0. The average molecular weight is 221 g/mol. The van der Waals surface area contributed by atoms with Gasteiger partial charge < -0.3 is 4.74 Å². The van der Waals surface area contributed by atoms with Gasteiger partial charge in [-0.3, -0.25) is 5.32 Å². The van der Waals surface area contributed by atoms with Crippen LogP contribution in [0.1, 0.15) is 23.3 Å². The summed E-state index contributed by atoms with van der Waals surface area (Å²) in [5.74, 6) is 0. The van der Waals surface area contributed by atoms with Gasteiger partial charge in [0.05, 0.1) is 7.45 Å². The Morgan fingerprint density at radius 1 is 1.71 bits per heavy atom. The number of carbonyl (C=O) groups is 1. The molecular formula is C10H12ClNO2. The van der Waals surface area contributed by atoms with E-state index in [2.05, 4.69) is 10.1 Å². The molecule has 0 radical (unpaired) electrons. The predicted molar refractivity (Wildman–Crippen MR) is 56.7 cm³/mol. The molecule has 0 aliphatic carbocycles. The van der Waals surface area contributed by atoms with Crippen LogP contribution in [0.5, 0.6) is 0 Å². The minimum atomic E-state index is -3.37. The SMILES string of the molecule is [2H]C([2H])([2H])C([2H])(OC(=O)Nc1cccc(Cl)c1)C([2H])([2H])[2H]. The molecule has 0 saturated carbocycles. The van der Waals surface area contributed by atoms with Gasteiger partial charge >= 0.3 is 6.09 Å². The molecule has 1 rings (SSSR count). The first-order chi connectivity index (χ1) is 9.37. The van der Waals surface area contributed by atoms with Crippen molar-refractivity contribution in [3.63, 3.8) is 0 Å². The molecular weight excluding hydrogens is 202 g/mol. The van der Waals surface area contributed by atoms with Crippen LogP contribution in [0.15, 0.2) is 24.3 Å². The van der Waals surface area contributed by atoms with Gasteiger partial charge in [-0.2, -0.15) is 0 Å². The van der Waals surface area contributed by atoms with E-state index in [1.165, 1.54) is 24.3 Å². The van der Waals surface area contributed by atoms with Gasteiger partial charge in [-0.05, 0) is 31.9 Å². The number of rotatable bonds is 2. The molecule has 0 heterocycles. The van der Waals surface area contributed by atoms with E-state index in [1.54, 1.807) is 0 Å². The summed E-state index contributed by atoms with van der Waals surface area (Å²) in [5, 5.41) is 2.42. The highest BCUT2D eigenvalue weighted by Gasteiger charge is 2.04. The van der Waals surface area contributed by atoms with E-state index in [0.29, 0.717) is 5.02 Å². The maximum atomic E-state index is 11.6. The molecule has 0 aliphatic rings. The zero-order chi connectivity index (χ0) is 16.5. The Balaban J connectivity index is 2.93. The van der Waals surface area contributed by atoms with E-state index in [0.717, 1.165) is 0 Å². The molecule has 14 heavy (non-hydrogen) atoms. The lowest BCUT2D eigenvalue weighted by molar-refractivity contribution is 0.130. The lowest BCUT2D eigenvalue weighted by Crippen LogP contribution is -2.17. The number of halogens is 1. The van der Waals surface area contributed by atoms with Crippen LogP contribution < -0.4 is 5.32 Å². The van der Waals surface area contributed by atoms with Crippen LogP contribution in [-0.2, 0) is 4.74 Å². The zero-order valence-corrected chi connectivity index (χ0v) is 7.76. The van der Waals surface area contributed by atoms with Crippen molar-refractivity contribution in [2.75, 3.05) is 5.32 Å². The molecule has 0 aromatic heterocycles. The third kappa shape index (κ3) is 3.66. The van der Waals surface area contributed by atoms with Crippen molar-refractivity contribution in [1.82, 2.24) is 0 Å². The molecule has 4 heteroatoms. The topological polar surface area (TPSA) is 38.3 Å². The normalized spacial score (nSPS) is 19.9. The average Bonchev–Trinajstić information content (AvgIpc) is 2.25. The lowest BCUT2D eigenvalue weighted by Gasteiger charge is -2.09. The molecule has 0 spiro atoms. The van der Waals surface area contributed by atoms with Gasteiger partial charge in [0.25, 0.3) is 0 Å². The number of carbonyl (C=O) groups excluding carboxylic acids is 1. The molecule has 0 unspecified atom stereocenters. The molecule has 0 fully saturated rings. The van der Waals surface area contributed by atoms with Gasteiger partial charge in [0, 0.05) is 18.9 Å². The summed E-state index contributed by atoms with van der Waals surface area (Å²) in [4.78, 5) is 11.6. The highest BCUT2D eigenvalue weighted by atomic mass is 35.5. The molecule has 0 aliphatic heterocycles. The van der Waals surface area contributed by atoms with E-state index in [4.69, 9.17) is 21.2 Å². The maximum Gasteiger partial charge on any atom is 0.411 e. The minimum Gasteiger partial charge on any atom is -0.447 e. The number of amides is 1. The highest BCUT2D eigenvalue weighted by Crippen LogP contribution is 2.15. The van der Waals surface area contributed by atoms with Crippen LogP contribution in [0, 0.1) is 0 Å².